The molecular weight excluding hydrogens is 402 g/mol. The number of amides is 1. The summed E-state index contributed by atoms with van der Waals surface area (Å²) in [5, 5.41) is 2.56. The molecule has 148 valence electrons. The predicted molar refractivity (Wildman–Crippen MR) is 104 cm³/mol. The number of benzene rings is 1. The van der Waals surface area contributed by atoms with Gasteiger partial charge in [-0.25, -0.2) is 21.8 Å². The summed E-state index contributed by atoms with van der Waals surface area (Å²) in [5.41, 5.74) is 1.08. The lowest BCUT2D eigenvalue weighted by atomic mass is 10.1. The monoisotopic (exact) mass is 421 g/mol. The van der Waals surface area contributed by atoms with Gasteiger partial charge in [0.2, 0.25) is 15.0 Å². The van der Waals surface area contributed by atoms with Gasteiger partial charge in [0.1, 0.15) is 0 Å². The Balaban J connectivity index is 1.91. The maximum absolute atomic E-state index is 12.7. The van der Waals surface area contributed by atoms with Crippen LogP contribution in [0.25, 0.3) is 5.52 Å². The molecule has 1 N–H and O–H groups in total. The average Bonchev–Trinajstić information content (AvgIpc) is 3.01. The van der Waals surface area contributed by atoms with Crippen molar-refractivity contribution < 1.29 is 21.6 Å². The van der Waals surface area contributed by atoms with Crippen molar-refractivity contribution in [3.05, 3.63) is 59.9 Å². The highest BCUT2D eigenvalue weighted by molar-refractivity contribution is 7.90. The number of sulfone groups is 2. The number of carbonyl (C=O) groups is 1. The van der Waals surface area contributed by atoms with Crippen LogP contribution in [0.2, 0.25) is 0 Å². The number of aromatic nitrogens is 2. The highest BCUT2D eigenvalue weighted by Crippen LogP contribution is 2.20. The molecule has 0 spiro atoms. The molecule has 1 unspecified atom stereocenters. The first-order chi connectivity index (χ1) is 13.0. The van der Waals surface area contributed by atoms with Gasteiger partial charge in [-0.2, -0.15) is 0 Å². The standard InChI is InChI=1S/C18H19N3O5S2/c1-12(13-7-9-14(10-8-13)27(2,23)24)19-17(22)16-15-6-4-5-11-21(15)18(20-16)28(3,25)26/h4-12H,1-3H3,(H,19,22). The molecule has 28 heavy (non-hydrogen) atoms. The van der Waals surface area contributed by atoms with Crippen molar-refractivity contribution in [3.8, 4) is 0 Å². The molecular formula is C18H19N3O5S2. The van der Waals surface area contributed by atoms with Crippen LogP contribution >= 0.6 is 0 Å². The van der Waals surface area contributed by atoms with Crippen molar-refractivity contribution >= 4 is 31.1 Å². The molecule has 0 saturated carbocycles. The summed E-state index contributed by atoms with van der Waals surface area (Å²) in [6.45, 7) is 1.74. The van der Waals surface area contributed by atoms with E-state index < -0.39 is 31.6 Å². The molecule has 2 heterocycles. The van der Waals surface area contributed by atoms with Gasteiger partial charge in [-0.05, 0) is 36.8 Å². The molecule has 1 amide bonds. The van der Waals surface area contributed by atoms with E-state index in [9.17, 15) is 21.6 Å². The third kappa shape index (κ3) is 3.92. The third-order valence-electron chi connectivity index (χ3n) is 4.22. The Kier molecular flexibility index (Phi) is 5.02. The molecule has 0 saturated heterocycles. The van der Waals surface area contributed by atoms with Crippen LogP contribution in [0.1, 0.15) is 29.0 Å². The number of hydrogen-bond donors (Lipinski definition) is 1. The number of carbonyl (C=O) groups excluding carboxylic acids is 1. The fourth-order valence-corrected chi connectivity index (χ4v) is 4.19. The highest BCUT2D eigenvalue weighted by atomic mass is 32.2. The minimum absolute atomic E-state index is 0.000584. The van der Waals surface area contributed by atoms with Crippen molar-refractivity contribution in [3.63, 3.8) is 0 Å². The average molecular weight is 422 g/mol. The summed E-state index contributed by atoms with van der Waals surface area (Å²) in [5.74, 6) is -0.529. The van der Waals surface area contributed by atoms with E-state index in [-0.39, 0.29) is 15.7 Å². The number of fused-ring (bicyclic) bond motifs is 1. The first-order valence-electron chi connectivity index (χ1n) is 8.26. The molecule has 0 aliphatic carbocycles. The van der Waals surface area contributed by atoms with Gasteiger partial charge in [-0.15, -0.1) is 0 Å². The molecule has 3 aromatic rings. The smallest absolute Gasteiger partial charge is 0.272 e. The molecule has 0 aliphatic heterocycles. The van der Waals surface area contributed by atoms with Gasteiger partial charge < -0.3 is 5.32 Å². The number of imidazole rings is 1. The van der Waals surface area contributed by atoms with Gasteiger partial charge in [-0.3, -0.25) is 9.20 Å². The van der Waals surface area contributed by atoms with E-state index in [0.717, 1.165) is 12.5 Å². The molecule has 2 aromatic heterocycles. The molecule has 0 fully saturated rings. The second kappa shape index (κ2) is 7.02. The van der Waals surface area contributed by atoms with Crippen molar-refractivity contribution in [2.75, 3.05) is 12.5 Å². The van der Waals surface area contributed by atoms with E-state index in [1.165, 1.54) is 22.7 Å². The second-order valence-corrected chi connectivity index (χ2v) is 10.4. The van der Waals surface area contributed by atoms with E-state index in [1.54, 1.807) is 37.3 Å². The van der Waals surface area contributed by atoms with Crippen LogP contribution in [-0.4, -0.2) is 44.6 Å². The van der Waals surface area contributed by atoms with Crippen molar-refractivity contribution in [2.24, 2.45) is 0 Å². The molecule has 8 nitrogen and oxygen atoms in total. The Labute approximate surface area is 163 Å². The van der Waals surface area contributed by atoms with E-state index in [1.807, 2.05) is 0 Å². The van der Waals surface area contributed by atoms with Gasteiger partial charge in [0.15, 0.2) is 15.5 Å². The van der Waals surface area contributed by atoms with Crippen molar-refractivity contribution in [1.82, 2.24) is 14.7 Å². The van der Waals surface area contributed by atoms with E-state index >= 15 is 0 Å². The van der Waals surface area contributed by atoms with Gasteiger partial charge >= 0.3 is 0 Å². The predicted octanol–water partition coefficient (Wildman–Crippen LogP) is 1.63. The van der Waals surface area contributed by atoms with Crippen LogP contribution < -0.4 is 5.32 Å². The fourth-order valence-electron chi connectivity index (χ4n) is 2.79. The first-order valence-corrected chi connectivity index (χ1v) is 12.0. The lowest BCUT2D eigenvalue weighted by Crippen LogP contribution is -2.27. The Bertz CT molecular complexity index is 1260. The molecule has 1 atom stereocenters. The maximum Gasteiger partial charge on any atom is 0.272 e. The van der Waals surface area contributed by atoms with Gasteiger partial charge in [0.25, 0.3) is 5.91 Å². The lowest BCUT2D eigenvalue weighted by Gasteiger charge is -2.14. The normalized spacial score (nSPS) is 13.4. The fraction of sp³-hybridized carbons (Fsp3) is 0.222. The van der Waals surface area contributed by atoms with E-state index in [4.69, 9.17) is 0 Å². The van der Waals surface area contributed by atoms with E-state index in [0.29, 0.717) is 11.1 Å². The topological polar surface area (TPSA) is 115 Å². The van der Waals surface area contributed by atoms with Crippen LogP contribution in [0.4, 0.5) is 0 Å². The SMILES string of the molecule is CC(NC(=O)c1nc(S(C)(=O)=O)n2ccccc12)c1ccc(S(C)(=O)=O)cc1. The zero-order valence-corrected chi connectivity index (χ0v) is 17.1. The molecule has 0 radical (unpaired) electrons. The second-order valence-electron chi connectivity index (χ2n) is 6.51. The van der Waals surface area contributed by atoms with Crippen LogP contribution in [0.15, 0.2) is 58.7 Å². The maximum atomic E-state index is 12.7. The van der Waals surface area contributed by atoms with Gasteiger partial charge in [0, 0.05) is 18.7 Å². The lowest BCUT2D eigenvalue weighted by molar-refractivity contribution is 0.0936. The molecule has 1 aromatic carbocycles. The number of hydrogen-bond acceptors (Lipinski definition) is 6. The Morgan fingerprint density at radius 2 is 1.64 bits per heavy atom. The Morgan fingerprint density at radius 3 is 2.21 bits per heavy atom. The van der Waals surface area contributed by atoms with Crippen LogP contribution in [0, 0.1) is 0 Å². The van der Waals surface area contributed by atoms with Crippen LogP contribution in [-0.2, 0) is 19.7 Å². The summed E-state index contributed by atoms with van der Waals surface area (Å²) in [7, 11) is -6.93. The number of nitrogens with one attached hydrogen (secondary N) is 1. The highest BCUT2D eigenvalue weighted by Gasteiger charge is 2.23. The van der Waals surface area contributed by atoms with Gasteiger partial charge in [0.05, 0.1) is 16.5 Å². The molecule has 3 rings (SSSR count). The third-order valence-corrected chi connectivity index (χ3v) is 6.30. The zero-order chi connectivity index (χ0) is 20.7. The molecule has 0 bridgehead atoms. The number of rotatable bonds is 5. The zero-order valence-electron chi connectivity index (χ0n) is 15.4. The molecule has 10 heteroatoms. The number of pyridine rings is 1. The van der Waals surface area contributed by atoms with Crippen molar-refractivity contribution in [1.29, 1.82) is 0 Å². The summed E-state index contributed by atoms with van der Waals surface area (Å²) < 4.78 is 48.4. The van der Waals surface area contributed by atoms with E-state index in [2.05, 4.69) is 10.3 Å². The Hall–Kier alpha value is -2.72. The van der Waals surface area contributed by atoms with Crippen LogP contribution in [0.3, 0.4) is 0 Å². The number of nitrogens with zero attached hydrogens (tertiary/aromatic N) is 2. The Morgan fingerprint density at radius 1 is 1.00 bits per heavy atom. The minimum Gasteiger partial charge on any atom is -0.344 e. The van der Waals surface area contributed by atoms with Crippen LogP contribution in [0.5, 0.6) is 0 Å². The minimum atomic E-state index is -3.63. The summed E-state index contributed by atoms with van der Waals surface area (Å²) in [4.78, 5) is 17.0. The van der Waals surface area contributed by atoms with Crippen molar-refractivity contribution in [2.45, 2.75) is 23.0 Å². The van der Waals surface area contributed by atoms with Gasteiger partial charge in [-0.1, -0.05) is 18.2 Å². The first kappa shape index (κ1) is 20.0. The quantitative estimate of drug-likeness (QED) is 0.670. The summed E-state index contributed by atoms with van der Waals surface area (Å²) >= 11 is 0. The molecule has 0 aliphatic rings. The summed E-state index contributed by atoms with van der Waals surface area (Å²) in [6.07, 6.45) is 3.68. The summed E-state index contributed by atoms with van der Waals surface area (Å²) in [6, 6.07) is 10.7. The largest absolute Gasteiger partial charge is 0.344 e.